The van der Waals surface area contributed by atoms with Crippen molar-refractivity contribution >= 4 is 21.5 Å². The van der Waals surface area contributed by atoms with E-state index in [-0.39, 0.29) is 11.8 Å². The molecule has 2 aliphatic carbocycles. The molecule has 0 nitrogen and oxygen atoms in total. The number of hydrogen-bond donors (Lipinski definition) is 0. The first-order valence-corrected chi connectivity index (χ1v) is 25.0. The molecule has 0 aromatic heterocycles. The minimum Gasteiger partial charge on any atom is -0.0622 e. The monoisotopic (exact) mass is 900 g/mol. The van der Waals surface area contributed by atoms with Crippen LogP contribution in [0.3, 0.4) is 0 Å². The second kappa shape index (κ2) is 16.7. The van der Waals surface area contributed by atoms with Gasteiger partial charge < -0.3 is 0 Å². The van der Waals surface area contributed by atoms with Gasteiger partial charge in [0.2, 0.25) is 0 Å². The fraction of sp³-hybridized carbons (Fsp3) is 0.0423. The number of fused-ring (bicyclic) bond motifs is 9. The summed E-state index contributed by atoms with van der Waals surface area (Å²) in [6, 6.07) is 105. The molecule has 0 bridgehead atoms. The SMILES string of the molecule is c1ccc(-c2ccc(C(c3ccc4c(c3)C(c3ccccc3)c3c-4ccc4ccccc34)c3ccc4c(c3)C(c3ccccc3)(c3ccccc3)c3cc(-c5ccc6ccccc6c5)ccc3-4)cc2)cc1. The van der Waals surface area contributed by atoms with E-state index >= 15 is 0 Å². The Labute approximate surface area is 415 Å². The Kier molecular flexibility index (Phi) is 9.68. The van der Waals surface area contributed by atoms with Gasteiger partial charge in [0, 0.05) is 11.8 Å². The van der Waals surface area contributed by atoms with Crippen LogP contribution in [0.5, 0.6) is 0 Å². The first-order valence-electron chi connectivity index (χ1n) is 25.0. The number of hydrogen-bond acceptors (Lipinski definition) is 0. The molecule has 0 amide bonds. The van der Waals surface area contributed by atoms with Gasteiger partial charge in [0.25, 0.3) is 0 Å². The maximum absolute atomic E-state index is 2.57. The fourth-order valence-corrected chi connectivity index (χ4v) is 12.5. The van der Waals surface area contributed by atoms with E-state index in [4.69, 9.17) is 0 Å². The molecule has 14 rings (SSSR count). The molecule has 0 heterocycles. The summed E-state index contributed by atoms with van der Waals surface area (Å²) in [4.78, 5) is 0. The van der Waals surface area contributed by atoms with E-state index in [0.29, 0.717) is 0 Å². The Hall–Kier alpha value is -8.84. The predicted octanol–water partition coefficient (Wildman–Crippen LogP) is 18.0. The molecule has 0 spiro atoms. The van der Waals surface area contributed by atoms with Gasteiger partial charge in [-0.3, -0.25) is 0 Å². The van der Waals surface area contributed by atoms with E-state index in [1.165, 1.54) is 122 Å². The molecular formula is C71H48. The Morgan fingerprint density at radius 2 is 0.775 bits per heavy atom. The molecule has 12 aromatic rings. The summed E-state index contributed by atoms with van der Waals surface area (Å²) in [6.07, 6.45) is 0. The van der Waals surface area contributed by atoms with E-state index < -0.39 is 5.41 Å². The molecule has 0 aliphatic heterocycles. The minimum absolute atomic E-state index is 0.0616. The van der Waals surface area contributed by atoms with Crippen molar-refractivity contribution in [1.29, 1.82) is 0 Å². The lowest BCUT2D eigenvalue weighted by atomic mass is 9.67. The summed E-state index contributed by atoms with van der Waals surface area (Å²) < 4.78 is 0. The average molecular weight is 901 g/mol. The van der Waals surface area contributed by atoms with Crippen LogP contribution >= 0.6 is 0 Å². The lowest BCUT2D eigenvalue weighted by Gasteiger charge is -2.34. The topological polar surface area (TPSA) is 0 Å². The Bertz CT molecular complexity index is 3920. The highest BCUT2D eigenvalue weighted by Gasteiger charge is 2.47. The largest absolute Gasteiger partial charge is 0.0713 e. The molecule has 2 aliphatic rings. The quantitative estimate of drug-likeness (QED) is 0.133. The molecule has 0 saturated heterocycles. The van der Waals surface area contributed by atoms with Gasteiger partial charge in [-0.15, -0.1) is 0 Å². The van der Waals surface area contributed by atoms with Gasteiger partial charge in [0.15, 0.2) is 0 Å². The van der Waals surface area contributed by atoms with E-state index in [2.05, 4.69) is 279 Å². The number of benzene rings is 12. The molecule has 0 radical (unpaired) electrons. The van der Waals surface area contributed by atoms with Gasteiger partial charge in [0.05, 0.1) is 5.41 Å². The molecule has 12 aromatic carbocycles. The summed E-state index contributed by atoms with van der Waals surface area (Å²) in [6.45, 7) is 0. The van der Waals surface area contributed by atoms with Gasteiger partial charge in [-0.05, 0) is 134 Å². The molecule has 71 heavy (non-hydrogen) atoms. The molecule has 2 atom stereocenters. The van der Waals surface area contributed by atoms with Crippen LogP contribution in [-0.4, -0.2) is 0 Å². The lowest BCUT2D eigenvalue weighted by Crippen LogP contribution is -2.28. The van der Waals surface area contributed by atoms with Crippen molar-refractivity contribution in [3.05, 3.63) is 335 Å². The molecule has 0 fully saturated rings. The van der Waals surface area contributed by atoms with Crippen molar-refractivity contribution < 1.29 is 0 Å². The standard InChI is InChI=1S/C71H48/c1-5-17-47(18-6-1)49-29-32-52(33-30-49)68(56-37-39-61-64-42-35-50-20-15-16-28-60(50)70(64)69(65(61)44-56)51-21-7-2-8-22-51)57-38-41-63-62-40-36-55(54-34-31-48-19-13-14-23-53(48)43-54)45-66(62)71(67(63)46-57,58-24-9-3-10-25-58)59-26-11-4-12-27-59/h1-46,68-69H. The zero-order valence-corrected chi connectivity index (χ0v) is 39.2. The van der Waals surface area contributed by atoms with Gasteiger partial charge in [-0.25, -0.2) is 0 Å². The van der Waals surface area contributed by atoms with Crippen LogP contribution < -0.4 is 0 Å². The van der Waals surface area contributed by atoms with Crippen LogP contribution in [0.15, 0.2) is 279 Å². The lowest BCUT2D eigenvalue weighted by molar-refractivity contribution is 0.765. The van der Waals surface area contributed by atoms with Crippen molar-refractivity contribution in [3.8, 4) is 44.5 Å². The number of rotatable bonds is 8. The maximum Gasteiger partial charge on any atom is 0.0713 e. The fourth-order valence-electron chi connectivity index (χ4n) is 12.5. The molecule has 0 N–H and O–H groups in total. The van der Waals surface area contributed by atoms with Crippen LogP contribution in [0.1, 0.15) is 67.5 Å². The van der Waals surface area contributed by atoms with E-state index in [9.17, 15) is 0 Å². The van der Waals surface area contributed by atoms with Crippen LogP contribution in [0, 0.1) is 0 Å². The first kappa shape index (κ1) is 41.2. The molecule has 332 valence electrons. The molecule has 0 heteroatoms. The molecule has 2 unspecified atom stereocenters. The maximum atomic E-state index is 2.57. The third kappa shape index (κ3) is 6.59. The molecular weight excluding hydrogens is 853 g/mol. The zero-order chi connectivity index (χ0) is 46.9. The Morgan fingerprint density at radius 3 is 1.49 bits per heavy atom. The van der Waals surface area contributed by atoms with Crippen LogP contribution in [-0.2, 0) is 5.41 Å². The summed E-state index contributed by atoms with van der Waals surface area (Å²) in [5.74, 6) is 0.0388. The van der Waals surface area contributed by atoms with Gasteiger partial charge >= 0.3 is 0 Å². The van der Waals surface area contributed by atoms with Crippen LogP contribution in [0.4, 0.5) is 0 Å². The highest BCUT2D eigenvalue weighted by atomic mass is 14.5. The first-order chi connectivity index (χ1) is 35.2. The third-order valence-corrected chi connectivity index (χ3v) is 15.7. The van der Waals surface area contributed by atoms with Crippen molar-refractivity contribution in [2.24, 2.45) is 0 Å². The van der Waals surface area contributed by atoms with Crippen molar-refractivity contribution in [3.63, 3.8) is 0 Å². The highest BCUT2D eigenvalue weighted by Crippen LogP contribution is 2.58. The van der Waals surface area contributed by atoms with E-state index in [1.54, 1.807) is 0 Å². The third-order valence-electron chi connectivity index (χ3n) is 15.7. The minimum atomic E-state index is -0.586. The average Bonchev–Trinajstić information content (AvgIpc) is 3.94. The van der Waals surface area contributed by atoms with Crippen LogP contribution in [0.25, 0.3) is 66.1 Å². The zero-order valence-electron chi connectivity index (χ0n) is 39.2. The second-order valence-electron chi connectivity index (χ2n) is 19.5. The van der Waals surface area contributed by atoms with E-state index in [1.807, 2.05) is 0 Å². The molecule has 0 saturated carbocycles. The van der Waals surface area contributed by atoms with Gasteiger partial charge in [0.1, 0.15) is 0 Å². The summed E-state index contributed by atoms with van der Waals surface area (Å²) in [5.41, 5.74) is 22.5. The Balaban J connectivity index is 0.998. The van der Waals surface area contributed by atoms with E-state index in [0.717, 1.165) is 0 Å². The Morgan fingerprint density at radius 1 is 0.296 bits per heavy atom. The highest BCUT2D eigenvalue weighted by molar-refractivity contribution is 5.98. The normalized spacial score (nSPS) is 14.4. The second-order valence-corrected chi connectivity index (χ2v) is 19.5. The smallest absolute Gasteiger partial charge is 0.0622 e. The van der Waals surface area contributed by atoms with Crippen molar-refractivity contribution in [2.45, 2.75) is 17.3 Å². The summed E-state index contributed by atoms with van der Waals surface area (Å²) in [7, 11) is 0. The van der Waals surface area contributed by atoms with Gasteiger partial charge in [-0.1, -0.05) is 267 Å². The van der Waals surface area contributed by atoms with Gasteiger partial charge in [-0.2, -0.15) is 0 Å². The summed E-state index contributed by atoms with van der Waals surface area (Å²) in [5, 5.41) is 5.10. The predicted molar refractivity (Wildman–Crippen MR) is 296 cm³/mol. The van der Waals surface area contributed by atoms with Crippen LogP contribution in [0.2, 0.25) is 0 Å². The van der Waals surface area contributed by atoms with Crippen molar-refractivity contribution in [2.75, 3.05) is 0 Å². The van der Waals surface area contributed by atoms with Crippen molar-refractivity contribution in [1.82, 2.24) is 0 Å². The summed E-state index contributed by atoms with van der Waals surface area (Å²) >= 11 is 0.